The van der Waals surface area contributed by atoms with E-state index in [9.17, 15) is 23.3 Å². The van der Waals surface area contributed by atoms with Gasteiger partial charge in [-0.2, -0.15) is 0 Å². The number of ether oxygens (including phenoxy) is 1. The smallest absolute Gasteiger partial charge is 0.269 e. The monoisotopic (exact) mass is 313 g/mol. The molecule has 2 rings (SSSR count). The van der Waals surface area contributed by atoms with E-state index in [1.165, 1.54) is 24.3 Å². The molecule has 0 aliphatic carbocycles. The van der Waals surface area contributed by atoms with Crippen molar-refractivity contribution in [3.05, 3.63) is 39.9 Å². The lowest BCUT2D eigenvalue weighted by Crippen LogP contribution is -2.33. The van der Waals surface area contributed by atoms with Crippen LogP contribution in [0.1, 0.15) is 23.2 Å². The number of hydrogen-bond acceptors (Lipinski definition) is 6. The lowest BCUT2D eigenvalue weighted by Gasteiger charge is -2.21. The van der Waals surface area contributed by atoms with Crippen LogP contribution in [0.3, 0.4) is 0 Å². The third-order valence-corrected chi connectivity index (χ3v) is 5.56. The highest BCUT2D eigenvalue weighted by atomic mass is 32.2. The minimum Gasteiger partial charge on any atom is -0.381 e. The Morgan fingerprint density at radius 3 is 2.33 bits per heavy atom. The number of carbonyl (C=O) groups excluding carboxylic acids is 1. The molecule has 1 aliphatic rings. The first-order chi connectivity index (χ1) is 9.90. The van der Waals surface area contributed by atoms with Crippen molar-refractivity contribution >= 4 is 21.3 Å². The number of ketones is 1. The molecule has 1 aliphatic heterocycles. The summed E-state index contributed by atoms with van der Waals surface area (Å²) in [5.41, 5.74) is 0.0232. The number of rotatable bonds is 5. The van der Waals surface area contributed by atoms with Crippen molar-refractivity contribution in [3.63, 3.8) is 0 Å². The molecular weight excluding hydrogens is 298 g/mol. The van der Waals surface area contributed by atoms with Crippen LogP contribution in [0, 0.1) is 10.1 Å². The molecule has 114 valence electrons. The highest BCUT2D eigenvalue weighted by Crippen LogP contribution is 2.18. The zero-order valence-electron chi connectivity index (χ0n) is 11.2. The van der Waals surface area contributed by atoms with E-state index in [0.29, 0.717) is 26.1 Å². The molecule has 0 radical (unpaired) electrons. The van der Waals surface area contributed by atoms with Gasteiger partial charge in [0.25, 0.3) is 5.69 Å². The Morgan fingerprint density at radius 1 is 1.24 bits per heavy atom. The average Bonchev–Trinajstić information content (AvgIpc) is 2.48. The zero-order chi connectivity index (χ0) is 15.5. The molecule has 0 unspecified atom stereocenters. The SMILES string of the molecule is O=C(CS(=O)(=O)C1CCOCC1)c1ccc([N+](=O)[O-])cc1. The van der Waals surface area contributed by atoms with Crippen LogP contribution >= 0.6 is 0 Å². The maximum absolute atomic E-state index is 12.2. The van der Waals surface area contributed by atoms with Crippen molar-refractivity contribution in [3.8, 4) is 0 Å². The second-order valence-corrected chi connectivity index (χ2v) is 7.13. The average molecular weight is 313 g/mol. The van der Waals surface area contributed by atoms with Gasteiger partial charge in [-0.3, -0.25) is 14.9 Å². The van der Waals surface area contributed by atoms with E-state index < -0.39 is 31.5 Å². The van der Waals surface area contributed by atoms with Crippen LogP contribution in [0.4, 0.5) is 5.69 Å². The van der Waals surface area contributed by atoms with Gasteiger partial charge < -0.3 is 4.74 Å². The first-order valence-electron chi connectivity index (χ1n) is 6.47. The van der Waals surface area contributed by atoms with Crippen molar-refractivity contribution < 1.29 is 22.9 Å². The fraction of sp³-hybridized carbons (Fsp3) is 0.462. The van der Waals surface area contributed by atoms with Gasteiger partial charge in [0.1, 0.15) is 5.75 Å². The second kappa shape index (κ2) is 6.31. The first-order valence-corrected chi connectivity index (χ1v) is 8.18. The standard InChI is InChI=1S/C13H15NO6S/c15-13(10-1-3-11(4-2-10)14(16)17)9-21(18,19)12-5-7-20-8-6-12/h1-4,12H,5-9H2. The van der Waals surface area contributed by atoms with Crippen LogP contribution in [-0.2, 0) is 14.6 Å². The highest BCUT2D eigenvalue weighted by molar-refractivity contribution is 7.92. The van der Waals surface area contributed by atoms with Crippen molar-refractivity contribution in [1.29, 1.82) is 0 Å². The van der Waals surface area contributed by atoms with Gasteiger partial charge in [-0.25, -0.2) is 8.42 Å². The molecule has 0 N–H and O–H groups in total. The maximum atomic E-state index is 12.2. The van der Waals surface area contributed by atoms with E-state index in [1.54, 1.807) is 0 Å². The van der Waals surface area contributed by atoms with Gasteiger partial charge in [-0.1, -0.05) is 0 Å². The fourth-order valence-corrected chi connectivity index (χ4v) is 3.87. The number of hydrogen-bond donors (Lipinski definition) is 0. The van der Waals surface area contributed by atoms with E-state index in [1.807, 2.05) is 0 Å². The molecule has 1 heterocycles. The summed E-state index contributed by atoms with van der Waals surface area (Å²) in [7, 11) is -3.52. The van der Waals surface area contributed by atoms with Crippen LogP contribution in [0.25, 0.3) is 0 Å². The molecule has 0 amide bonds. The minimum atomic E-state index is -3.52. The van der Waals surface area contributed by atoms with Gasteiger partial charge in [0.05, 0.1) is 10.2 Å². The van der Waals surface area contributed by atoms with Gasteiger partial charge >= 0.3 is 0 Å². The number of Topliss-reactive ketones (excluding diaryl/α,β-unsaturated/α-hetero) is 1. The number of carbonyl (C=O) groups is 1. The van der Waals surface area contributed by atoms with Gasteiger partial charge in [-0.15, -0.1) is 0 Å². The van der Waals surface area contributed by atoms with Gasteiger partial charge in [0.2, 0.25) is 0 Å². The topological polar surface area (TPSA) is 104 Å². The lowest BCUT2D eigenvalue weighted by molar-refractivity contribution is -0.384. The van der Waals surface area contributed by atoms with Gasteiger partial charge in [0, 0.05) is 30.9 Å². The largest absolute Gasteiger partial charge is 0.381 e. The second-order valence-electron chi connectivity index (χ2n) is 4.85. The van der Waals surface area contributed by atoms with Crippen molar-refractivity contribution in [1.82, 2.24) is 0 Å². The number of nitro groups is 1. The molecule has 0 aromatic heterocycles. The summed E-state index contributed by atoms with van der Waals surface area (Å²) < 4.78 is 29.4. The quantitative estimate of drug-likeness (QED) is 0.462. The predicted octanol–water partition coefficient (Wildman–Crippen LogP) is 1.37. The molecule has 0 atom stereocenters. The van der Waals surface area contributed by atoms with Crippen molar-refractivity contribution in [2.45, 2.75) is 18.1 Å². The number of benzene rings is 1. The van der Waals surface area contributed by atoms with Crippen molar-refractivity contribution in [2.24, 2.45) is 0 Å². The number of nitro benzene ring substituents is 1. The Morgan fingerprint density at radius 2 is 1.81 bits per heavy atom. The van der Waals surface area contributed by atoms with Gasteiger partial charge in [-0.05, 0) is 25.0 Å². The third-order valence-electron chi connectivity index (χ3n) is 3.41. The summed E-state index contributed by atoms with van der Waals surface area (Å²) in [6.07, 6.45) is 0.797. The third kappa shape index (κ3) is 3.85. The van der Waals surface area contributed by atoms with Gasteiger partial charge in [0.15, 0.2) is 15.6 Å². The molecule has 0 bridgehead atoms. The van der Waals surface area contributed by atoms with E-state index in [0.717, 1.165) is 0 Å². The van der Waals surface area contributed by atoms with E-state index in [-0.39, 0.29) is 11.3 Å². The molecule has 7 nitrogen and oxygen atoms in total. The number of sulfone groups is 1. The summed E-state index contributed by atoms with van der Waals surface area (Å²) in [5, 5.41) is 9.98. The molecule has 1 aromatic rings. The van der Waals surface area contributed by atoms with E-state index >= 15 is 0 Å². The summed E-state index contributed by atoms with van der Waals surface area (Å²) in [6, 6.07) is 4.93. The summed E-state index contributed by atoms with van der Waals surface area (Å²) in [5.74, 6) is -1.12. The van der Waals surface area contributed by atoms with Crippen LogP contribution in [0.15, 0.2) is 24.3 Å². The van der Waals surface area contributed by atoms with E-state index in [4.69, 9.17) is 4.74 Å². The maximum Gasteiger partial charge on any atom is 0.269 e. The Bertz CT molecular complexity index is 631. The predicted molar refractivity (Wildman–Crippen MR) is 75.1 cm³/mol. The number of non-ortho nitro benzene ring substituents is 1. The molecule has 1 fully saturated rings. The van der Waals surface area contributed by atoms with Crippen LogP contribution in [-0.4, -0.2) is 43.3 Å². The number of nitrogens with zero attached hydrogens (tertiary/aromatic N) is 1. The Kier molecular flexibility index (Phi) is 4.69. The zero-order valence-corrected chi connectivity index (χ0v) is 12.0. The normalized spacial score (nSPS) is 16.6. The summed E-state index contributed by atoms with van der Waals surface area (Å²) in [4.78, 5) is 22.0. The molecule has 0 saturated carbocycles. The summed E-state index contributed by atoms with van der Waals surface area (Å²) >= 11 is 0. The first kappa shape index (κ1) is 15.6. The van der Waals surface area contributed by atoms with E-state index in [2.05, 4.69) is 0 Å². The minimum absolute atomic E-state index is 0.140. The van der Waals surface area contributed by atoms with Crippen LogP contribution < -0.4 is 0 Å². The molecule has 21 heavy (non-hydrogen) atoms. The molecular formula is C13H15NO6S. The van der Waals surface area contributed by atoms with Crippen molar-refractivity contribution in [2.75, 3.05) is 19.0 Å². The molecule has 0 spiro atoms. The highest BCUT2D eigenvalue weighted by Gasteiger charge is 2.30. The molecule has 8 heteroatoms. The van der Waals surface area contributed by atoms with Crippen LogP contribution in [0.2, 0.25) is 0 Å². The lowest BCUT2D eigenvalue weighted by atomic mass is 10.1. The fourth-order valence-electron chi connectivity index (χ4n) is 2.19. The Labute approximate surface area is 122 Å². The molecule has 1 aromatic carbocycles. The molecule has 1 saturated heterocycles. The summed E-state index contributed by atoms with van der Waals surface area (Å²) in [6.45, 7) is 0.769. The Hall–Kier alpha value is -1.80. The van der Waals surface area contributed by atoms with Crippen LogP contribution in [0.5, 0.6) is 0 Å². The Balaban J connectivity index is 2.07.